The molecule has 44 heavy (non-hydrogen) atoms. The Kier molecular flexibility index (Phi) is 8.48. The number of hydrogen-bond donors (Lipinski definition) is 0. The maximum Gasteiger partial charge on any atom is 0.351 e. The zero-order valence-electron chi connectivity index (χ0n) is 23.5. The van der Waals surface area contributed by atoms with E-state index in [2.05, 4.69) is 4.57 Å². The number of esters is 2. The molecule has 1 aromatic heterocycles. The summed E-state index contributed by atoms with van der Waals surface area (Å²) in [5, 5.41) is 0.609. The molecule has 0 amide bonds. The van der Waals surface area contributed by atoms with Crippen LogP contribution in [-0.2, 0) is 9.59 Å². The lowest BCUT2D eigenvalue weighted by atomic mass is 10.0. The number of rotatable bonds is 8. The molecule has 0 N–H and O–H groups in total. The maximum atomic E-state index is 13.7. The van der Waals surface area contributed by atoms with Crippen LogP contribution in [0.2, 0.25) is 5.02 Å². The van der Waals surface area contributed by atoms with E-state index in [1.54, 1.807) is 48.5 Å². The van der Waals surface area contributed by atoms with Crippen LogP contribution in [0.25, 0.3) is 34.3 Å². The summed E-state index contributed by atoms with van der Waals surface area (Å²) in [5.74, 6) is -1.06. The first kappa shape index (κ1) is 28.5. The number of hydrogen-bond acceptors (Lipinski definition) is 4. The first-order chi connectivity index (χ1) is 21.6. The van der Waals surface area contributed by atoms with E-state index in [-0.39, 0.29) is 5.57 Å². The third kappa shape index (κ3) is 6.38. The van der Waals surface area contributed by atoms with Gasteiger partial charge in [-0.05, 0) is 71.8 Å². The van der Waals surface area contributed by atoms with Gasteiger partial charge in [-0.15, -0.1) is 0 Å². The number of ether oxygens (including phenoxy) is 2. The molecule has 6 rings (SSSR count). The largest absolute Gasteiger partial charge is 0.423 e. The van der Waals surface area contributed by atoms with Crippen LogP contribution in [0.4, 0.5) is 0 Å². The number of nitrogens with zero attached hydrogens (tertiary/aromatic N) is 1. The SMILES string of the molecule is O=C(Oc1ccccc1)C(=Cc1cc(-c2ccccc2)n(-c2ccc(Cl)cc2)c1-c1ccccc1)C(=O)Oc1ccccc1. The highest BCUT2D eigenvalue weighted by molar-refractivity contribution is 6.30. The third-order valence-corrected chi connectivity index (χ3v) is 7.13. The van der Waals surface area contributed by atoms with Crippen molar-refractivity contribution in [1.82, 2.24) is 4.57 Å². The molecule has 214 valence electrons. The summed E-state index contributed by atoms with van der Waals surface area (Å²) in [7, 11) is 0. The molecule has 0 radical (unpaired) electrons. The molecule has 0 unspecified atom stereocenters. The van der Waals surface area contributed by atoms with Gasteiger partial charge in [-0.1, -0.05) is 109 Å². The number of halogens is 1. The predicted molar refractivity (Wildman–Crippen MR) is 174 cm³/mol. The average molecular weight is 596 g/mol. The van der Waals surface area contributed by atoms with E-state index in [1.165, 1.54) is 6.08 Å². The second kappa shape index (κ2) is 13.1. The highest BCUT2D eigenvalue weighted by atomic mass is 35.5. The van der Waals surface area contributed by atoms with Gasteiger partial charge < -0.3 is 14.0 Å². The van der Waals surface area contributed by atoms with Gasteiger partial charge in [0.25, 0.3) is 0 Å². The normalized spacial score (nSPS) is 10.6. The number of carbonyl (C=O) groups excluding carboxylic acids is 2. The van der Waals surface area contributed by atoms with E-state index in [0.29, 0.717) is 22.1 Å². The van der Waals surface area contributed by atoms with Gasteiger partial charge in [-0.25, -0.2) is 9.59 Å². The minimum atomic E-state index is -0.836. The predicted octanol–water partition coefficient (Wildman–Crippen LogP) is 9.06. The maximum absolute atomic E-state index is 13.7. The van der Waals surface area contributed by atoms with E-state index in [9.17, 15) is 9.59 Å². The molecule has 0 aliphatic carbocycles. The molecule has 0 saturated carbocycles. The fourth-order valence-corrected chi connectivity index (χ4v) is 5.00. The summed E-state index contributed by atoms with van der Waals surface area (Å²) in [4.78, 5) is 27.3. The van der Waals surface area contributed by atoms with Gasteiger partial charge in [-0.3, -0.25) is 0 Å². The van der Waals surface area contributed by atoms with Crippen LogP contribution in [0.3, 0.4) is 0 Å². The van der Waals surface area contributed by atoms with Crippen molar-refractivity contribution in [3.63, 3.8) is 0 Å². The van der Waals surface area contributed by atoms with Gasteiger partial charge in [0.05, 0.1) is 11.4 Å². The molecule has 0 saturated heterocycles. The minimum Gasteiger partial charge on any atom is -0.423 e. The van der Waals surface area contributed by atoms with Crippen LogP contribution in [0.1, 0.15) is 5.56 Å². The fourth-order valence-electron chi connectivity index (χ4n) is 4.87. The van der Waals surface area contributed by atoms with Crippen LogP contribution in [-0.4, -0.2) is 16.5 Å². The molecule has 6 heteroatoms. The molecule has 6 aromatic rings. The zero-order valence-corrected chi connectivity index (χ0v) is 24.2. The van der Waals surface area contributed by atoms with E-state index in [1.807, 2.05) is 103 Å². The highest BCUT2D eigenvalue weighted by Gasteiger charge is 2.26. The molecule has 0 aliphatic heterocycles. The lowest BCUT2D eigenvalue weighted by Gasteiger charge is -2.15. The van der Waals surface area contributed by atoms with Crippen molar-refractivity contribution < 1.29 is 19.1 Å². The summed E-state index contributed by atoms with van der Waals surface area (Å²) in [5.41, 5.74) is 4.65. The first-order valence-electron chi connectivity index (χ1n) is 14.0. The van der Waals surface area contributed by atoms with Crippen molar-refractivity contribution >= 4 is 29.6 Å². The Balaban J connectivity index is 1.58. The Morgan fingerprint density at radius 3 is 1.52 bits per heavy atom. The topological polar surface area (TPSA) is 57.5 Å². The molecule has 1 heterocycles. The molecule has 5 aromatic carbocycles. The molecule has 0 atom stereocenters. The minimum absolute atomic E-state index is 0.261. The van der Waals surface area contributed by atoms with Gasteiger partial charge in [0.15, 0.2) is 0 Å². The number of carbonyl (C=O) groups is 2. The van der Waals surface area contributed by atoms with Gasteiger partial charge >= 0.3 is 11.9 Å². The molecular formula is C38H26ClNO4. The summed E-state index contributed by atoms with van der Waals surface area (Å²) >= 11 is 6.27. The number of para-hydroxylation sites is 2. The third-order valence-electron chi connectivity index (χ3n) is 6.88. The van der Waals surface area contributed by atoms with E-state index in [0.717, 1.165) is 28.2 Å². The first-order valence-corrected chi connectivity index (χ1v) is 14.3. The van der Waals surface area contributed by atoms with Crippen molar-refractivity contribution in [1.29, 1.82) is 0 Å². The fraction of sp³-hybridized carbons (Fsp3) is 0. The van der Waals surface area contributed by atoms with Crippen LogP contribution < -0.4 is 9.47 Å². The van der Waals surface area contributed by atoms with Gasteiger partial charge in [0.2, 0.25) is 0 Å². The van der Waals surface area contributed by atoms with E-state index in [4.69, 9.17) is 21.1 Å². The molecule has 5 nitrogen and oxygen atoms in total. The zero-order chi connectivity index (χ0) is 30.3. The molecule has 0 aliphatic rings. The number of aromatic nitrogens is 1. The lowest BCUT2D eigenvalue weighted by molar-refractivity contribution is -0.137. The van der Waals surface area contributed by atoms with E-state index < -0.39 is 11.9 Å². The van der Waals surface area contributed by atoms with Crippen molar-refractivity contribution in [3.8, 4) is 39.7 Å². The smallest absolute Gasteiger partial charge is 0.351 e. The summed E-state index contributed by atoms with van der Waals surface area (Å²) in [6.07, 6.45) is 1.54. The lowest BCUT2D eigenvalue weighted by Crippen LogP contribution is -2.22. The Morgan fingerprint density at radius 2 is 1.02 bits per heavy atom. The Bertz CT molecular complexity index is 1860. The second-order valence-corrected chi connectivity index (χ2v) is 10.3. The highest BCUT2D eigenvalue weighted by Crippen LogP contribution is 2.37. The second-order valence-electron chi connectivity index (χ2n) is 9.84. The van der Waals surface area contributed by atoms with Crippen molar-refractivity contribution in [2.75, 3.05) is 0 Å². The molecule has 0 bridgehead atoms. The summed E-state index contributed by atoms with van der Waals surface area (Å²) < 4.78 is 13.4. The molecular weight excluding hydrogens is 570 g/mol. The van der Waals surface area contributed by atoms with Gasteiger partial charge in [-0.2, -0.15) is 0 Å². The Hall–Kier alpha value is -5.65. The Morgan fingerprint density at radius 1 is 0.568 bits per heavy atom. The monoisotopic (exact) mass is 595 g/mol. The van der Waals surface area contributed by atoms with Crippen LogP contribution in [0.15, 0.2) is 157 Å². The van der Waals surface area contributed by atoms with Crippen LogP contribution in [0, 0.1) is 0 Å². The summed E-state index contributed by atoms with van der Waals surface area (Å²) in [6.45, 7) is 0. The van der Waals surface area contributed by atoms with Gasteiger partial charge in [0.1, 0.15) is 17.1 Å². The quantitative estimate of drug-likeness (QED) is 0.0579. The number of benzene rings is 5. The van der Waals surface area contributed by atoms with E-state index >= 15 is 0 Å². The van der Waals surface area contributed by atoms with Crippen molar-refractivity contribution in [3.05, 3.63) is 168 Å². The molecule has 0 fully saturated rings. The van der Waals surface area contributed by atoms with Crippen LogP contribution in [0.5, 0.6) is 11.5 Å². The standard InChI is InChI=1S/C38H26ClNO4/c39-30-21-23-31(24-22-30)40-35(27-13-5-1-6-14-27)26-29(36(40)28-15-7-2-8-16-28)25-34(37(41)43-32-17-9-3-10-18-32)38(42)44-33-19-11-4-12-20-33/h1-26H. The Labute approximate surface area is 260 Å². The van der Waals surface area contributed by atoms with Crippen LogP contribution >= 0.6 is 11.6 Å². The molecule has 0 spiro atoms. The average Bonchev–Trinajstić information content (AvgIpc) is 3.45. The van der Waals surface area contributed by atoms with Crippen molar-refractivity contribution in [2.45, 2.75) is 0 Å². The van der Waals surface area contributed by atoms with Crippen molar-refractivity contribution in [2.24, 2.45) is 0 Å². The van der Waals surface area contributed by atoms with Gasteiger partial charge in [0, 0.05) is 16.3 Å². The summed E-state index contributed by atoms with van der Waals surface area (Å²) in [6, 6.07) is 46.4.